The number of esters is 1. The Morgan fingerprint density at radius 1 is 1.13 bits per heavy atom. The molecular weight excluding hydrogens is 318 g/mol. The van der Waals surface area contributed by atoms with Crippen LogP contribution in [0.5, 0.6) is 11.5 Å². The smallest absolute Gasteiger partial charge is 0.314 e. The summed E-state index contributed by atoms with van der Waals surface area (Å²) in [6.45, 7) is 0.641. The van der Waals surface area contributed by atoms with E-state index >= 15 is 0 Å². The van der Waals surface area contributed by atoms with Gasteiger partial charge in [0.1, 0.15) is 11.5 Å². The van der Waals surface area contributed by atoms with Gasteiger partial charge >= 0.3 is 5.97 Å². The van der Waals surface area contributed by atoms with Gasteiger partial charge in [-0.05, 0) is 55.9 Å². The third-order valence-corrected chi connectivity index (χ3v) is 3.99. The number of hydrogen-bond acceptors (Lipinski definition) is 4. The highest BCUT2D eigenvalue weighted by Crippen LogP contribution is 2.30. The molecule has 1 aliphatic rings. The third-order valence-electron chi connectivity index (χ3n) is 3.99. The van der Waals surface area contributed by atoms with Gasteiger partial charge in [-0.3, -0.25) is 9.79 Å². The number of halogens is 1. The number of nitrogens with zero attached hydrogens (tertiary/aromatic N) is 1. The van der Waals surface area contributed by atoms with Crippen molar-refractivity contribution >= 4 is 24.3 Å². The molecular formula is C16H24ClN3O3. The first-order chi connectivity index (χ1) is 10.6. The average molecular weight is 342 g/mol. The second kappa shape index (κ2) is 9.25. The van der Waals surface area contributed by atoms with Crippen LogP contribution in [0.3, 0.4) is 0 Å². The van der Waals surface area contributed by atoms with E-state index < -0.39 is 0 Å². The Kier molecular flexibility index (Phi) is 7.68. The molecule has 1 fully saturated rings. The minimum Gasteiger partial charge on any atom is -0.497 e. The number of carbonyl (C=O) groups excluding carboxylic acids is 1. The molecule has 1 aliphatic carbocycles. The number of methoxy groups -OCH3 is 1. The normalized spacial score (nSPS) is 20.0. The van der Waals surface area contributed by atoms with Gasteiger partial charge in [-0.25, -0.2) is 0 Å². The second-order valence-corrected chi connectivity index (χ2v) is 5.58. The first-order valence-electron chi connectivity index (χ1n) is 7.49. The third kappa shape index (κ3) is 5.98. The van der Waals surface area contributed by atoms with Crippen molar-refractivity contribution in [2.75, 3.05) is 13.7 Å². The summed E-state index contributed by atoms with van der Waals surface area (Å²) in [5, 5.41) is 0. The highest BCUT2D eigenvalue weighted by atomic mass is 35.5. The van der Waals surface area contributed by atoms with E-state index in [1.54, 1.807) is 31.4 Å². The van der Waals surface area contributed by atoms with Crippen LogP contribution in [0.4, 0.5) is 0 Å². The lowest BCUT2D eigenvalue weighted by atomic mass is 9.82. The molecule has 0 atom stereocenters. The van der Waals surface area contributed by atoms with Crippen molar-refractivity contribution in [3.05, 3.63) is 24.3 Å². The molecule has 128 valence electrons. The Hall–Kier alpha value is -1.95. The molecule has 23 heavy (non-hydrogen) atoms. The topological polar surface area (TPSA) is 99.9 Å². The maximum absolute atomic E-state index is 12.2. The van der Waals surface area contributed by atoms with Crippen molar-refractivity contribution in [1.82, 2.24) is 0 Å². The Morgan fingerprint density at radius 3 is 2.22 bits per heavy atom. The Bertz CT molecular complexity index is 522. The highest BCUT2D eigenvalue weighted by Gasteiger charge is 2.27. The number of aliphatic imine (C=N–C) groups is 1. The van der Waals surface area contributed by atoms with E-state index in [0.717, 1.165) is 31.4 Å². The first kappa shape index (κ1) is 19.1. The molecule has 2 rings (SSSR count). The van der Waals surface area contributed by atoms with Crippen molar-refractivity contribution in [3.8, 4) is 11.5 Å². The summed E-state index contributed by atoms with van der Waals surface area (Å²) in [6, 6.07) is 7.02. The largest absolute Gasteiger partial charge is 0.497 e. The SMILES string of the molecule is COc1ccc(OC(=O)C2CCC(CN=C(N)N)CC2)cc1.Cl. The molecule has 0 radical (unpaired) electrons. The van der Waals surface area contributed by atoms with Crippen LogP contribution in [0.15, 0.2) is 29.3 Å². The molecule has 0 amide bonds. The molecule has 0 aliphatic heterocycles. The monoisotopic (exact) mass is 341 g/mol. The van der Waals surface area contributed by atoms with Gasteiger partial charge in [0.25, 0.3) is 0 Å². The fraction of sp³-hybridized carbons (Fsp3) is 0.500. The number of carbonyl (C=O) groups is 1. The van der Waals surface area contributed by atoms with Gasteiger partial charge in [0.15, 0.2) is 5.96 Å². The van der Waals surface area contributed by atoms with E-state index in [4.69, 9.17) is 20.9 Å². The number of nitrogens with two attached hydrogens (primary N) is 2. The van der Waals surface area contributed by atoms with Gasteiger partial charge in [-0.2, -0.15) is 0 Å². The van der Waals surface area contributed by atoms with Gasteiger partial charge in [0.05, 0.1) is 13.0 Å². The predicted octanol–water partition coefficient (Wildman–Crippen LogP) is 2.10. The van der Waals surface area contributed by atoms with Crippen molar-refractivity contribution in [2.45, 2.75) is 25.7 Å². The van der Waals surface area contributed by atoms with Gasteiger partial charge < -0.3 is 20.9 Å². The predicted molar refractivity (Wildman–Crippen MR) is 92.0 cm³/mol. The number of guanidine groups is 1. The molecule has 7 heteroatoms. The van der Waals surface area contributed by atoms with Crippen LogP contribution in [-0.4, -0.2) is 25.6 Å². The van der Waals surface area contributed by atoms with E-state index in [-0.39, 0.29) is 30.3 Å². The fourth-order valence-electron chi connectivity index (χ4n) is 2.66. The number of benzene rings is 1. The maximum atomic E-state index is 12.2. The summed E-state index contributed by atoms with van der Waals surface area (Å²) < 4.78 is 10.5. The maximum Gasteiger partial charge on any atom is 0.314 e. The zero-order chi connectivity index (χ0) is 15.9. The average Bonchev–Trinajstić information content (AvgIpc) is 2.54. The zero-order valence-electron chi connectivity index (χ0n) is 13.2. The van der Waals surface area contributed by atoms with Crippen LogP contribution < -0.4 is 20.9 Å². The molecule has 0 spiro atoms. The molecule has 4 N–H and O–H groups in total. The minimum absolute atomic E-state index is 0. The molecule has 0 saturated heterocycles. The molecule has 1 aromatic rings. The molecule has 0 bridgehead atoms. The van der Waals surface area contributed by atoms with Crippen molar-refractivity contribution in [1.29, 1.82) is 0 Å². The van der Waals surface area contributed by atoms with Crippen LogP contribution in [0.1, 0.15) is 25.7 Å². The number of hydrogen-bond donors (Lipinski definition) is 2. The van der Waals surface area contributed by atoms with Gasteiger partial charge in [0, 0.05) is 6.54 Å². The minimum atomic E-state index is -0.162. The summed E-state index contributed by atoms with van der Waals surface area (Å²) in [7, 11) is 1.60. The van der Waals surface area contributed by atoms with Crippen LogP contribution in [0.2, 0.25) is 0 Å². The number of ether oxygens (including phenoxy) is 2. The summed E-state index contributed by atoms with van der Waals surface area (Å²) in [5.74, 6) is 1.66. The highest BCUT2D eigenvalue weighted by molar-refractivity contribution is 5.85. The standard InChI is InChI=1S/C16H23N3O3.ClH/c1-21-13-6-8-14(9-7-13)22-15(20)12-4-2-11(3-5-12)10-19-16(17)18;/h6-9,11-12H,2-5,10H2,1H3,(H4,17,18,19);1H. The van der Waals surface area contributed by atoms with Gasteiger partial charge in [-0.15, -0.1) is 12.4 Å². The van der Waals surface area contributed by atoms with E-state index in [2.05, 4.69) is 4.99 Å². The molecule has 6 nitrogen and oxygen atoms in total. The lowest BCUT2D eigenvalue weighted by Gasteiger charge is -2.26. The van der Waals surface area contributed by atoms with Crippen molar-refractivity contribution < 1.29 is 14.3 Å². The van der Waals surface area contributed by atoms with Crippen LogP contribution in [0, 0.1) is 11.8 Å². The fourth-order valence-corrected chi connectivity index (χ4v) is 2.66. The quantitative estimate of drug-likeness (QED) is 0.370. The summed E-state index contributed by atoms with van der Waals surface area (Å²) in [4.78, 5) is 16.2. The molecule has 0 unspecified atom stereocenters. The number of rotatable bonds is 5. The summed E-state index contributed by atoms with van der Waals surface area (Å²) in [5.41, 5.74) is 10.7. The Morgan fingerprint density at radius 2 is 1.70 bits per heavy atom. The Balaban J connectivity index is 0.00000264. The first-order valence-corrected chi connectivity index (χ1v) is 7.49. The molecule has 1 aromatic carbocycles. The van der Waals surface area contributed by atoms with Crippen LogP contribution in [0.25, 0.3) is 0 Å². The van der Waals surface area contributed by atoms with Gasteiger partial charge in [-0.1, -0.05) is 0 Å². The van der Waals surface area contributed by atoms with Gasteiger partial charge in [0.2, 0.25) is 0 Å². The molecule has 1 saturated carbocycles. The lowest BCUT2D eigenvalue weighted by Crippen LogP contribution is -2.28. The second-order valence-electron chi connectivity index (χ2n) is 5.58. The lowest BCUT2D eigenvalue weighted by molar-refractivity contribution is -0.140. The van der Waals surface area contributed by atoms with E-state index in [1.165, 1.54) is 0 Å². The van der Waals surface area contributed by atoms with Crippen molar-refractivity contribution in [3.63, 3.8) is 0 Å². The van der Waals surface area contributed by atoms with Crippen LogP contribution >= 0.6 is 12.4 Å². The van der Waals surface area contributed by atoms with E-state index in [1.807, 2.05) is 0 Å². The molecule has 0 heterocycles. The summed E-state index contributed by atoms with van der Waals surface area (Å²) in [6.07, 6.45) is 3.53. The van der Waals surface area contributed by atoms with Crippen LogP contribution in [-0.2, 0) is 4.79 Å². The zero-order valence-corrected chi connectivity index (χ0v) is 14.1. The van der Waals surface area contributed by atoms with E-state index in [0.29, 0.717) is 18.2 Å². The van der Waals surface area contributed by atoms with E-state index in [9.17, 15) is 4.79 Å². The molecule has 0 aromatic heterocycles. The Labute approximate surface area is 142 Å². The summed E-state index contributed by atoms with van der Waals surface area (Å²) >= 11 is 0. The van der Waals surface area contributed by atoms with Crippen molar-refractivity contribution in [2.24, 2.45) is 28.3 Å².